The molecule has 3 N–H and O–H groups in total. The number of ether oxygens (including phenoxy) is 2. The Bertz CT molecular complexity index is 1110. The number of amides is 2. The van der Waals surface area contributed by atoms with Gasteiger partial charge in [0.05, 0.1) is 11.3 Å². The summed E-state index contributed by atoms with van der Waals surface area (Å²) in [5.41, 5.74) is 1.32. The van der Waals surface area contributed by atoms with Gasteiger partial charge in [-0.05, 0) is 61.6 Å². The number of anilines is 1. The molecule has 0 radical (unpaired) electrons. The zero-order valence-electron chi connectivity index (χ0n) is 18.2. The number of carbonyl (C=O) groups is 2. The van der Waals surface area contributed by atoms with E-state index in [4.69, 9.17) is 21.7 Å². The number of hydrogen-bond acceptors (Lipinski definition) is 5. The van der Waals surface area contributed by atoms with Crippen molar-refractivity contribution < 1.29 is 19.1 Å². The number of nitrogens with one attached hydrogen (secondary N) is 3. The van der Waals surface area contributed by atoms with Crippen molar-refractivity contribution in [3.05, 3.63) is 90.0 Å². The first-order chi connectivity index (χ1) is 16.1. The second kappa shape index (κ2) is 12.2. The van der Waals surface area contributed by atoms with E-state index < -0.39 is 5.91 Å². The van der Waals surface area contributed by atoms with Crippen LogP contribution in [0.25, 0.3) is 0 Å². The minimum Gasteiger partial charge on any atom is -0.490 e. The molecule has 0 aliphatic rings. The Morgan fingerprint density at radius 2 is 1.48 bits per heavy atom. The predicted molar refractivity (Wildman–Crippen MR) is 132 cm³/mol. The fourth-order valence-electron chi connectivity index (χ4n) is 2.94. The SMILES string of the molecule is CCNC(=O)c1ccccc1NC(=S)NC(=O)c1cccc(OCCOc2ccccc2)c1. The number of hydrogen-bond donors (Lipinski definition) is 3. The fourth-order valence-corrected chi connectivity index (χ4v) is 3.14. The lowest BCUT2D eigenvalue weighted by Gasteiger charge is -2.13. The minimum absolute atomic E-state index is 0.0827. The Morgan fingerprint density at radius 1 is 0.818 bits per heavy atom. The molecule has 0 heterocycles. The summed E-state index contributed by atoms with van der Waals surface area (Å²) in [5, 5.41) is 8.37. The molecular formula is C25H25N3O4S. The van der Waals surface area contributed by atoms with E-state index >= 15 is 0 Å². The smallest absolute Gasteiger partial charge is 0.257 e. The normalized spacial score (nSPS) is 10.1. The van der Waals surface area contributed by atoms with E-state index in [9.17, 15) is 9.59 Å². The van der Waals surface area contributed by atoms with Gasteiger partial charge in [0.15, 0.2) is 5.11 Å². The molecule has 0 bridgehead atoms. The Labute approximate surface area is 198 Å². The third-order valence-corrected chi connectivity index (χ3v) is 4.65. The molecule has 3 aromatic rings. The van der Waals surface area contributed by atoms with Gasteiger partial charge < -0.3 is 20.1 Å². The Kier molecular flexibility index (Phi) is 8.79. The first-order valence-corrected chi connectivity index (χ1v) is 10.9. The summed E-state index contributed by atoms with van der Waals surface area (Å²) in [7, 11) is 0. The molecule has 0 spiro atoms. The first-order valence-electron chi connectivity index (χ1n) is 10.5. The molecule has 0 aliphatic heterocycles. The third-order valence-electron chi connectivity index (χ3n) is 4.44. The third kappa shape index (κ3) is 7.33. The lowest BCUT2D eigenvalue weighted by molar-refractivity contribution is 0.0954. The van der Waals surface area contributed by atoms with E-state index in [1.165, 1.54) is 0 Å². The zero-order valence-corrected chi connectivity index (χ0v) is 19.0. The Balaban J connectivity index is 1.53. The topological polar surface area (TPSA) is 88.7 Å². The van der Waals surface area contributed by atoms with Crippen LogP contribution in [0.2, 0.25) is 0 Å². The summed E-state index contributed by atoms with van der Waals surface area (Å²) in [6, 6.07) is 23.2. The standard InChI is InChI=1S/C25H25N3O4S/c1-2-26-24(30)21-13-6-7-14-22(21)27-25(33)28-23(29)18-9-8-12-20(17-18)32-16-15-31-19-10-4-3-5-11-19/h3-14,17H,2,15-16H2,1H3,(H,26,30)(H2,27,28,29,33). The molecular weight excluding hydrogens is 438 g/mol. The average molecular weight is 464 g/mol. The lowest BCUT2D eigenvalue weighted by Crippen LogP contribution is -2.35. The van der Waals surface area contributed by atoms with Gasteiger partial charge in [-0.25, -0.2) is 0 Å². The van der Waals surface area contributed by atoms with Crippen LogP contribution >= 0.6 is 12.2 Å². The molecule has 3 aromatic carbocycles. The second-order valence-corrected chi connectivity index (χ2v) is 7.26. The number of benzene rings is 3. The van der Waals surface area contributed by atoms with Gasteiger partial charge >= 0.3 is 0 Å². The van der Waals surface area contributed by atoms with Crippen molar-refractivity contribution in [1.29, 1.82) is 0 Å². The highest BCUT2D eigenvalue weighted by Crippen LogP contribution is 2.16. The van der Waals surface area contributed by atoms with Gasteiger partial charge in [-0.1, -0.05) is 36.4 Å². The molecule has 33 heavy (non-hydrogen) atoms. The lowest BCUT2D eigenvalue weighted by atomic mass is 10.1. The van der Waals surface area contributed by atoms with Crippen LogP contribution in [-0.4, -0.2) is 36.7 Å². The summed E-state index contributed by atoms with van der Waals surface area (Å²) in [6.07, 6.45) is 0. The number of thiocarbonyl (C=S) groups is 1. The molecule has 0 unspecified atom stereocenters. The van der Waals surface area contributed by atoms with Crippen molar-refractivity contribution in [2.24, 2.45) is 0 Å². The van der Waals surface area contributed by atoms with Crippen LogP contribution in [0.4, 0.5) is 5.69 Å². The van der Waals surface area contributed by atoms with Crippen LogP contribution in [-0.2, 0) is 0 Å². The van der Waals surface area contributed by atoms with E-state index in [1.54, 1.807) is 48.5 Å². The van der Waals surface area contributed by atoms with E-state index in [1.807, 2.05) is 37.3 Å². The second-order valence-electron chi connectivity index (χ2n) is 6.85. The van der Waals surface area contributed by atoms with Crippen LogP contribution < -0.4 is 25.4 Å². The zero-order chi connectivity index (χ0) is 23.5. The summed E-state index contributed by atoms with van der Waals surface area (Å²) >= 11 is 5.27. The van der Waals surface area contributed by atoms with E-state index in [2.05, 4.69) is 16.0 Å². The summed E-state index contributed by atoms with van der Waals surface area (Å²) < 4.78 is 11.3. The van der Waals surface area contributed by atoms with Crippen molar-refractivity contribution in [1.82, 2.24) is 10.6 Å². The molecule has 0 atom stereocenters. The van der Waals surface area contributed by atoms with Crippen LogP contribution in [0.1, 0.15) is 27.6 Å². The maximum absolute atomic E-state index is 12.6. The van der Waals surface area contributed by atoms with Gasteiger partial charge in [-0.3, -0.25) is 14.9 Å². The Hall–Kier alpha value is -3.91. The molecule has 170 valence electrons. The van der Waals surface area contributed by atoms with Crippen molar-refractivity contribution in [2.75, 3.05) is 25.1 Å². The molecule has 0 saturated carbocycles. The van der Waals surface area contributed by atoms with E-state index in [0.717, 1.165) is 5.75 Å². The van der Waals surface area contributed by atoms with E-state index in [0.29, 0.717) is 42.3 Å². The van der Waals surface area contributed by atoms with Gasteiger partial charge in [0, 0.05) is 12.1 Å². The molecule has 3 rings (SSSR count). The van der Waals surface area contributed by atoms with Crippen molar-refractivity contribution in [3.63, 3.8) is 0 Å². The van der Waals surface area contributed by atoms with Crippen molar-refractivity contribution in [2.45, 2.75) is 6.92 Å². The quantitative estimate of drug-likeness (QED) is 0.328. The summed E-state index contributed by atoms with van der Waals surface area (Å²) in [5.74, 6) is 0.688. The number of carbonyl (C=O) groups excluding carboxylic acids is 2. The van der Waals surface area contributed by atoms with Crippen LogP contribution in [0.5, 0.6) is 11.5 Å². The molecule has 0 fully saturated rings. The van der Waals surface area contributed by atoms with Crippen LogP contribution in [0.15, 0.2) is 78.9 Å². The van der Waals surface area contributed by atoms with Crippen LogP contribution in [0.3, 0.4) is 0 Å². The molecule has 2 amide bonds. The van der Waals surface area contributed by atoms with Gasteiger partial charge in [0.2, 0.25) is 0 Å². The summed E-state index contributed by atoms with van der Waals surface area (Å²) in [4.78, 5) is 24.8. The molecule has 0 aromatic heterocycles. The highest BCUT2D eigenvalue weighted by atomic mass is 32.1. The van der Waals surface area contributed by atoms with Crippen molar-refractivity contribution in [3.8, 4) is 11.5 Å². The van der Waals surface area contributed by atoms with Gasteiger partial charge in [0.25, 0.3) is 11.8 Å². The largest absolute Gasteiger partial charge is 0.490 e. The van der Waals surface area contributed by atoms with Gasteiger partial charge in [-0.2, -0.15) is 0 Å². The van der Waals surface area contributed by atoms with Crippen LogP contribution in [0, 0.1) is 0 Å². The fraction of sp³-hybridized carbons (Fsp3) is 0.160. The molecule has 8 heteroatoms. The number of rotatable bonds is 9. The minimum atomic E-state index is -0.394. The maximum Gasteiger partial charge on any atom is 0.257 e. The number of para-hydroxylation sites is 2. The highest BCUT2D eigenvalue weighted by Gasteiger charge is 2.13. The highest BCUT2D eigenvalue weighted by molar-refractivity contribution is 7.80. The predicted octanol–water partition coefficient (Wildman–Crippen LogP) is 4.02. The van der Waals surface area contributed by atoms with Crippen molar-refractivity contribution >= 4 is 34.8 Å². The maximum atomic E-state index is 12.6. The van der Waals surface area contributed by atoms with E-state index in [-0.39, 0.29) is 11.0 Å². The molecule has 0 aliphatic carbocycles. The monoisotopic (exact) mass is 463 g/mol. The molecule has 0 saturated heterocycles. The van der Waals surface area contributed by atoms with Gasteiger partial charge in [-0.15, -0.1) is 0 Å². The Morgan fingerprint density at radius 3 is 2.24 bits per heavy atom. The molecule has 7 nitrogen and oxygen atoms in total. The average Bonchev–Trinajstić information content (AvgIpc) is 2.83. The first kappa shape index (κ1) is 23.7. The summed E-state index contributed by atoms with van der Waals surface area (Å²) in [6.45, 7) is 3.05. The van der Waals surface area contributed by atoms with Gasteiger partial charge in [0.1, 0.15) is 24.7 Å².